The highest BCUT2D eigenvalue weighted by Crippen LogP contribution is 2.23. The van der Waals surface area contributed by atoms with E-state index in [1.807, 2.05) is 68.4 Å². The molecule has 0 spiro atoms. The first-order valence-corrected chi connectivity index (χ1v) is 11.2. The van der Waals surface area contributed by atoms with Crippen LogP contribution in [0.5, 0.6) is 0 Å². The van der Waals surface area contributed by atoms with Crippen molar-refractivity contribution >= 4 is 21.6 Å². The first kappa shape index (κ1) is 21.7. The van der Waals surface area contributed by atoms with Crippen LogP contribution in [-0.4, -0.2) is 25.2 Å². The second-order valence-corrected chi connectivity index (χ2v) is 9.30. The molecule has 156 valence electrons. The summed E-state index contributed by atoms with van der Waals surface area (Å²) in [5, 5.41) is 2.83. The zero-order valence-corrected chi connectivity index (χ0v) is 18.2. The maximum absolute atomic E-state index is 13.5. The number of hydrogen-bond acceptors (Lipinski definition) is 3. The molecule has 3 rings (SSSR count). The monoisotopic (exact) mass is 422 g/mol. The lowest BCUT2D eigenvalue weighted by atomic mass is 10.2. The zero-order chi connectivity index (χ0) is 21.7. The number of benzene rings is 3. The third kappa shape index (κ3) is 5.14. The van der Waals surface area contributed by atoms with Gasteiger partial charge in [-0.25, -0.2) is 8.42 Å². The van der Waals surface area contributed by atoms with Crippen molar-refractivity contribution in [2.75, 3.05) is 11.9 Å². The highest BCUT2D eigenvalue weighted by Gasteiger charge is 2.28. The average Bonchev–Trinajstić information content (AvgIpc) is 2.71. The molecule has 0 fully saturated rings. The van der Waals surface area contributed by atoms with Gasteiger partial charge in [-0.3, -0.25) is 4.79 Å². The summed E-state index contributed by atoms with van der Waals surface area (Å²) in [7, 11) is -3.88. The van der Waals surface area contributed by atoms with Crippen molar-refractivity contribution in [1.29, 1.82) is 0 Å². The molecule has 3 aromatic rings. The van der Waals surface area contributed by atoms with E-state index in [1.165, 1.54) is 4.31 Å². The first-order chi connectivity index (χ1) is 14.3. The van der Waals surface area contributed by atoms with Crippen LogP contribution in [0.3, 0.4) is 0 Å². The van der Waals surface area contributed by atoms with E-state index in [4.69, 9.17) is 0 Å². The van der Waals surface area contributed by atoms with E-state index in [-0.39, 0.29) is 23.9 Å². The Bertz CT molecular complexity index is 1140. The van der Waals surface area contributed by atoms with E-state index in [1.54, 1.807) is 25.1 Å². The molecular weight excluding hydrogens is 396 g/mol. The summed E-state index contributed by atoms with van der Waals surface area (Å²) in [6.45, 7) is 5.34. The third-order valence-corrected chi connectivity index (χ3v) is 6.84. The van der Waals surface area contributed by atoms with Crippen LogP contribution < -0.4 is 5.32 Å². The molecule has 0 aliphatic rings. The fraction of sp³-hybridized carbons (Fsp3) is 0.208. The summed E-state index contributed by atoms with van der Waals surface area (Å²) >= 11 is 0. The van der Waals surface area contributed by atoms with Crippen LogP contribution in [-0.2, 0) is 21.4 Å². The van der Waals surface area contributed by atoms with E-state index in [0.717, 1.165) is 16.7 Å². The van der Waals surface area contributed by atoms with Crippen LogP contribution in [0.2, 0.25) is 0 Å². The maximum atomic E-state index is 13.5. The number of para-hydroxylation sites is 1. The van der Waals surface area contributed by atoms with Gasteiger partial charge in [0.05, 0.1) is 11.4 Å². The van der Waals surface area contributed by atoms with Gasteiger partial charge in [-0.15, -0.1) is 0 Å². The summed E-state index contributed by atoms with van der Waals surface area (Å²) < 4.78 is 28.3. The maximum Gasteiger partial charge on any atom is 0.244 e. The van der Waals surface area contributed by atoms with Gasteiger partial charge in [-0.1, -0.05) is 60.7 Å². The van der Waals surface area contributed by atoms with E-state index < -0.39 is 10.0 Å². The van der Waals surface area contributed by atoms with Crippen molar-refractivity contribution in [1.82, 2.24) is 4.31 Å². The number of amides is 1. The van der Waals surface area contributed by atoms with Crippen molar-refractivity contribution in [3.05, 3.63) is 95.1 Å². The van der Waals surface area contributed by atoms with E-state index in [9.17, 15) is 13.2 Å². The number of hydrogen-bond donors (Lipinski definition) is 1. The first-order valence-electron chi connectivity index (χ1n) is 9.74. The second kappa shape index (κ2) is 9.24. The summed E-state index contributed by atoms with van der Waals surface area (Å²) in [5.74, 6) is -0.380. The van der Waals surface area contributed by atoms with Crippen LogP contribution in [0.4, 0.5) is 5.69 Å². The molecular formula is C24H26N2O3S. The van der Waals surface area contributed by atoms with Crippen molar-refractivity contribution < 1.29 is 13.2 Å². The molecule has 0 aromatic heterocycles. The number of sulfonamides is 1. The molecule has 0 radical (unpaired) electrons. The molecule has 0 atom stereocenters. The van der Waals surface area contributed by atoms with Gasteiger partial charge in [0, 0.05) is 12.2 Å². The minimum absolute atomic E-state index is 0.109. The fourth-order valence-corrected chi connectivity index (χ4v) is 4.89. The minimum Gasteiger partial charge on any atom is -0.325 e. The van der Waals surface area contributed by atoms with Crippen LogP contribution in [0.15, 0.2) is 77.7 Å². The summed E-state index contributed by atoms with van der Waals surface area (Å²) in [6, 6.07) is 22.0. The quantitative estimate of drug-likeness (QED) is 0.612. The normalized spacial score (nSPS) is 11.5. The van der Waals surface area contributed by atoms with E-state index in [2.05, 4.69) is 5.32 Å². The lowest BCUT2D eigenvalue weighted by molar-refractivity contribution is -0.116. The van der Waals surface area contributed by atoms with Gasteiger partial charge in [0.2, 0.25) is 15.9 Å². The smallest absolute Gasteiger partial charge is 0.244 e. The van der Waals surface area contributed by atoms with Crippen LogP contribution >= 0.6 is 0 Å². The van der Waals surface area contributed by atoms with Crippen molar-refractivity contribution in [2.45, 2.75) is 32.2 Å². The lowest BCUT2D eigenvalue weighted by Gasteiger charge is -2.23. The topological polar surface area (TPSA) is 66.5 Å². The summed E-state index contributed by atoms with van der Waals surface area (Å²) in [6.07, 6.45) is 0. The predicted molar refractivity (Wildman–Crippen MR) is 120 cm³/mol. The number of anilines is 1. The van der Waals surface area contributed by atoms with Gasteiger partial charge in [-0.05, 0) is 55.2 Å². The molecule has 30 heavy (non-hydrogen) atoms. The average molecular weight is 423 g/mol. The standard InChI is InChI=1S/C24H26N2O3S/c1-18-13-14-20(3)23(15-18)30(28,29)26(16-21-10-5-4-6-11-21)17-24(27)25-22-12-8-7-9-19(22)2/h4-15H,16-17H2,1-3H3,(H,25,27). The van der Waals surface area contributed by atoms with E-state index in [0.29, 0.717) is 11.3 Å². The highest BCUT2D eigenvalue weighted by atomic mass is 32.2. The Morgan fingerprint density at radius 2 is 1.53 bits per heavy atom. The van der Waals surface area contributed by atoms with Gasteiger partial charge in [0.15, 0.2) is 0 Å². The summed E-state index contributed by atoms with van der Waals surface area (Å²) in [5.41, 5.74) is 3.90. The molecule has 0 aliphatic heterocycles. The zero-order valence-electron chi connectivity index (χ0n) is 17.4. The van der Waals surface area contributed by atoms with Crippen molar-refractivity contribution in [3.8, 4) is 0 Å². The van der Waals surface area contributed by atoms with Gasteiger partial charge in [-0.2, -0.15) is 4.31 Å². The second-order valence-electron chi connectivity index (χ2n) is 7.39. The van der Waals surface area contributed by atoms with Gasteiger partial charge < -0.3 is 5.32 Å². The Hall–Kier alpha value is -2.96. The Labute approximate surface area is 178 Å². The number of rotatable bonds is 7. The Morgan fingerprint density at radius 3 is 2.23 bits per heavy atom. The van der Waals surface area contributed by atoms with Gasteiger partial charge >= 0.3 is 0 Å². The number of nitrogens with one attached hydrogen (secondary N) is 1. The van der Waals surface area contributed by atoms with Gasteiger partial charge in [0.25, 0.3) is 0 Å². The molecule has 0 saturated heterocycles. The fourth-order valence-electron chi connectivity index (χ4n) is 3.20. The number of carbonyl (C=O) groups is 1. The lowest BCUT2D eigenvalue weighted by Crippen LogP contribution is -2.38. The van der Waals surface area contributed by atoms with Crippen molar-refractivity contribution in [3.63, 3.8) is 0 Å². The molecule has 0 aliphatic carbocycles. The molecule has 0 bridgehead atoms. The Balaban J connectivity index is 1.93. The third-order valence-electron chi connectivity index (χ3n) is 4.90. The summed E-state index contributed by atoms with van der Waals surface area (Å²) in [4.78, 5) is 13.0. The molecule has 6 heteroatoms. The molecule has 0 heterocycles. The largest absolute Gasteiger partial charge is 0.325 e. The van der Waals surface area contributed by atoms with E-state index >= 15 is 0 Å². The van der Waals surface area contributed by atoms with Crippen LogP contribution in [0.1, 0.15) is 22.3 Å². The van der Waals surface area contributed by atoms with Crippen LogP contribution in [0, 0.1) is 20.8 Å². The van der Waals surface area contributed by atoms with Crippen molar-refractivity contribution in [2.24, 2.45) is 0 Å². The molecule has 0 saturated carbocycles. The van der Waals surface area contributed by atoms with Crippen LogP contribution in [0.25, 0.3) is 0 Å². The van der Waals surface area contributed by atoms with Gasteiger partial charge in [0.1, 0.15) is 0 Å². The minimum atomic E-state index is -3.88. The Morgan fingerprint density at radius 1 is 0.867 bits per heavy atom. The molecule has 3 aromatic carbocycles. The number of aryl methyl sites for hydroxylation is 3. The molecule has 1 amide bonds. The molecule has 5 nitrogen and oxygen atoms in total. The number of nitrogens with zero attached hydrogens (tertiary/aromatic N) is 1. The molecule has 1 N–H and O–H groups in total. The molecule has 0 unspecified atom stereocenters. The highest BCUT2D eigenvalue weighted by molar-refractivity contribution is 7.89. The SMILES string of the molecule is Cc1ccc(C)c(S(=O)(=O)N(CC(=O)Nc2ccccc2C)Cc2ccccc2)c1. The number of carbonyl (C=O) groups excluding carboxylic acids is 1. The predicted octanol–water partition coefficient (Wildman–Crippen LogP) is 4.44. The Kier molecular flexibility index (Phi) is 6.70.